The fraction of sp³-hybridized carbons (Fsp3) is 0.813. The summed E-state index contributed by atoms with van der Waals surface area (Å²) in [4.78, 5) is 40.2. The summed E-state index contributed by atoms with van der Waals surface area (Å²) < 4.78 is 30.5. The number of hydrogen-bond acceptors (Lipinski definition) is 7. The summed E-state index contributed by atoms with van der Waals surface area (Å²) in [6, 6.07) is -0.899. The number of likely N-dealkylation sites (N-methyl/N-ethyl adjacent to an activating group) is 1. The van der Waals surface area contributed by atoms with Gasteiger partial charge in [0.1, 0.15) is 19.3 Å². The van der Waals surface area contributed by atoms with Gasteiger partial charge in [0.15, 0.2) is 0 Å². The van der Waals surface area contributed by atoms with Crippen molar-refractivity contribution >= 4 is 19.7 Å². The molecule has 0 aliphatic heterocycles. The summed E-state index contributed by atoms with van der Waals surface area (Å²) >= 11 is 0. The minimum Gasteiger partial charge on any atom is -0.756 e. The first-order chi connectivity index (χ1) is 41.4. The SMILES string of the molecule is CCCCC/C=C\C/C=C\C/C=C\C/C=C\CCCCCCCC(=O)OC(/C=C\CCCCCCCCCCCCC)C(COP(=O)([O-])OCC[N+](C)(C)C)NC(=O)CCCCCCCCCCCCCCCCC/C=C/CCCCCCCC. The molecule has 10 heteroatoms. The van der Waals surface area contributed by atoms with Crippen LogP contribution in [-0.4, -0.2) is 69.4 Å². The van der Waals surface area contributed by atoms with E-state index in [2.05, 4.69) is 86.8 Å². The van der Waals surface area contributed by atoms with Crippen molar-refractivity contribution in [2.75, 3.05) is 40.9 Å². The number of esters is 1. The molecule has 3 atom stereocenters. The van der Waals surface area contributed by atoms with Crippen molar-refractivity contribution in [3.8, 4) is 0 Å². The Morgan fingerprint density at radius 2 is 0.718 bits per heavy atom. The molecule has 0 spiro atoms. The number of rotatable bonds is 66. The maximum atomic E-state index is 13.6. The van der Waals surface area contributed by atoms with Gasteiger partial charge >= 0.3 is 5.97 Å². The van der Waals surface area contributed by atoms with Crippen LogP contribution in [0.1, 0.15) is 342 Å². The van der Waals surface area contributed by atoms with Crippen LogP contribution in [0.15, 0.2) is 72.9 Å². The molecule has 0 rings (SSSR count). The van der Waals surface area contributed by atoms with E-state index in [0.29, 0.717) is 23.9 Å². The van der Waals surface area contributed by atoms with Gasteiger partial charge in [-0.25, -0.2) is 0 Å². The number of unbranched alkanes of at least 4 members (excludes halogenated alkanes) is 40. The molecule has 0 fully saturated rings. The normalized spacial score (nSPS) is 13.9. The molecule has 0 heterocycles. The Balaban J connectivity index is 5.11. The molecule has 0 aliphatic rings. The Bertz CT molecular complexity index is 1680. The van der Waals surface area contributed by atoms with Gasteiger partial charge in [0.25, 0.3) is 7.82 Å². The molecule has 0 aromatic rings. The molecule has 9 nitrogen and oxygen atoms in total. The third kappa shape index (κ3) is 65.7. The third-order valence-corrected chi connectivity index (χ3v) is 17.1. The van der Waals surface area contributed by atoms with Crippen molar-refractivity contribution in [2.24, 2.45) is 0 Å². The number of hydrogen-bond donors (Lipinski definition) is 1. The van der Waals surface area contributed by atoms with Crippen molar-refractivity contribution < 1.29 is 37.3 Å². The van der Waals surface area contributed by atoms with E-state index in [-0.39, 0.29) is 24.9 Å². The van der Waals surface area contributed by atoms with E-state index in [1.54, 1.807) is 0 Å². The van der Waals surface area contributed by atoms with Crippen LogP contribution >= 0.6 is 7.82 Å². The Morgan fingerprint density at radius 3 is 1.11 bits per heavy atom. The highest BCUT2D eigenvalue weighted by atomic mass is 31.2. The average molecular weight is 1210 g/mol. The smallest absolute Gasteiger partial charge is 0.306 e. The number of amides is 1. The minimum atomic E-state index is -4.71. The van der Waals surface area contributed by atoms with Gasteiger partial charge in [-0.3, -0.25) is 14.2 Å². The lowest BCUT2D eigenvalue weighted by molar-refractivity contribution is -0.870. The van der Waals surface area contributed by atoms with Gasteiger partial charge in [-0.15, -0.1) is 0 Å². The molecule has 0 aliphatic carbocycles. The Morgan fingerprint density at radius 1 is 0.412 bits per heavy atom. The van der Waals surface area contributed by atoms with Gasteiger partial charge in [-0.2, -0.15) is 0 Å². The molecule has 1 amide bonds. The second kappa shape index (κ2) is 64.4. The quantitative estimate of drug-likeness (QED) is 0.0212. The molecule has 496 valence electrons. The van der Waals surface area contributed by atoms with Crippen molar-refractivity contribution in [2.45, 2.75) is 354 Å². The number of nitrogens with zero attached hydrogens (tertiary/aromatic N) is 1. The Hall–Kier alpha value is -2.55. The van der Waals surface area contributed by atoms with E-state index < -0.39 is 26.6 Å². The molecule has 0 aromatic heterocycles. The van der Waals surface area contributed by atoms with E-state index in [9.17, 15) is 19.0 Å². The predicted molar refractivity (Wildman–Crippen MR) is 367 cm³/mol. The van der Waals surface area contributed by atoms with Crippen LogP contribution in [0, 0.1) is 0 Å². The van der Waals surface area contributed by atoms with Gasteiger partial charge in [-0.05, 0) is 102 Å². The van der Waals surface area contributed by atoms with E-state index in [4.69, 9.17) is 13.8 Å². The fourth-order valence-corrected chi connectivity index (χ4v) is 11.2. The van der Waals surface area contributed by atoms with Crippen LogP contribution in [-0.2, 0) is 27.9 Å². The zero-order valence-corrected chi connectivity index (χ0v) is 57.7. The molecule has 0 saturated heterocycles. The molecule has 0 bridgehead atoms. The number of nitrogens with one attached hydrogen (secondary N) is 1. The first kappa shape index (κ1) is 82.5. The molecular weight excluding hydrogens is 1070 g/mol. The zero-order chi connectivity index (χ0) is 62.1. The van der Waals surface area contributed by atoms with Crippen LogP contribution in [0.25, 0.3) is 0 Å². The number of phosphoric ester groups is 1. The van der Waals surface area contributed by atoms with Gasteiger partial charge in [0.05, 0.1) is 33.8 Å². The van der Waals surface area contributed by atoms with E-state index in [1.165, 1.54) is 212 Å². The van der Waals surface area contributed by atoms with Crippen molar-refractivity contribution in [3.05, 3.63) is 72.9 Å². The first-order valence-electron chi connectivity index (χ1n) is 36.2. The lowest BCUT2D eigenvalue weighted by Gasteiger charge is -2.30. The minimum absolute atomic E-state index is 0.0265. The Kier molecular flexibility index (Phi) is 62.5. The predicted octanol–water partition coefficient (Wildman–Crippen LogP) is 22.5. The molecule has 3 unspecified atom stereocenters. The summed E-state index contributed by atoms with van der Waals surface area (Å²) in [5.41, 5.74) is 0. The molecule has 85 heavy (non-hydrogen) atoms. The lowest BCUT2D eigenvalue weighted by atomic mass is 10.0. The second-order valence-electron chi connectivity index (χ2n) is 25.7. The first-order valence-corrected chi connectivity index (χ1v) is 37.7. The van der Waals surface area contributed by atoms with Gasteiger partial charge in [0.2, 0.25) is 5.91 Å². The molecule has 1 N–H and O–H groups in total. The molecule has 0 aromatic carbocycles. The van der Waals surface area contributed by atoms with Crippen LogP contribution in [0.3, 0.4) is 0 Å². The largest absolute Gasteiger partial charge is 0.756 e. The van der Waals surface area contributed by atoms with Crippen molar-refractivity contribution in [3.63, 3.8) is 0 Å². The maximum Gasteiger partial charge on any atom is 0.306 e. The van der Waals surface area contributed by atoms with Gasteiger partial charge in [0, 0.05) is 12.8 Å². The summed E-state index contributed by atoms with van der Waals surface area (Å²) in [6.45, 7) is 6.84. The molecule has 0 radical (unpaired) electrons. The van der Waals surface area contributed by atoms with Crippen LogP contribution < -0.4 is 10.2 Å². The van der Waals surface area contributed by atoms with E-state index >= 15 is 0 Å². The summed E-state index contributed by atoms with van der Waals surface area (Å²) in [5, 5.41) is 3.04. The lowest BCUT2D eigenvalue weighted by Crippen LogP contribution is -2.47. The standard InChI is InChI=1S/C75H139N2O7P/c1-7-10-13-16-19-22-25-28-30-32-34-36-37-38-39-41-42-44-46-49-52-55-58-61-64-67-74(78)76-72(71-83-85(80,81)82-70-69-77(4,5)6)73(66-63-60-57-54-51-48-27-24-21-18-15-12-9-3)84-75(79)68-65-62-59-56-53-50-47-45-43-40-35-33-31-29-26-23-20-17-14-11-8-2/h20,23,28-31,35,40,45,47,63,66,72-73H,7-19,21-22,24-27,32-34,36-39,41-44,46,48-62,64-65,67-71H2,1-6H3,(H-,76,78,80,81)/b23-20-,30-28+,31-29-,40-35-,47-45-,66-63-. The summed E-state index contributed by atoms with van der Waals surface area (Å²) in [6.07, 6.45) is 84.5. The highest BCUT2D eigenvalue weighted by molar-refractivity contribution is 7.45. The van der Waals surface area contributed by atoms with Crippen LogP contribution in [0.4, 0.5) is 0 Å². The van der Waals surface area contributed by atoms with Crippen LogP contribution in [0.5, 0.6) is 0 Å². The number of ether oxygens (including phenoxy) is 1. The fourth-order valence-electron chi connectivity index (χ4n) is 10.5. The highest BCUT2D eigenvalue weighted by Gasteiger charge is 2.27. The monoisotopic (exact) mass is 1210 g/mol. The van der Waals surface area contributed by atoms with Gasteiger partial charge in [-0.1, -0.05) is 299 Å². The zero-order valence-electron chi connectivity index (χ0n) is 56.8. The number of carbonyl (C=O) groups excluding carboxylic acids is 2. The topological polar surface area (TPSA) is 114 Å². The highest BCUT2D eigenvalue weighted by Crippen LogP contribution is 2.38. The number of carbonyl (C=O) groups is 2. The van der Waals surface area contributed by atoms with Crippen LogP contribution in [0.2, 0.25) is 0 Å². The Labute approximate surface area is 527 Å². The maximum absolute atomic E-state index is 13.6. The molecule has 0 saturated carbocycles. The van der Waals surface area contributed by atoms with E-state index in [0.717, 1.165) is 89.9 Å². The summed E-state index contributed by atoms with van der Waals surface area (Å²) in [5.74, 6) is -0.551. The number of phosphoric acid groups is 1. The second-order valence-corrected chi connectivity index (χ2v) is 27.1. The van der Waals surface area contributed by atoms with E-state index in [1.807, 2.05) is 33.3 Å². The molecular formula is C75H139N2O7P. The average Bonchev–Trinajstić information content (AvgIpc) is 3.48. The summed E-state index contributed by atoms with van der Waals surface area (Å²) in [7, 11) is 1.18. The van der Waals surface area contributed by atoms with Gasteiger partial charge < -0.3 is 28.5 Å². The van der Waals surface area contributed by atoms with Crippen molar-refractivity contribution in [1.82, 2.24) is 5.32 Å². The third-order valence-electron chi connectivity index (χ3n) is 16.1. The number of allylic oxidation sites excluding steroid dienone is 11. The number of quaternary nitrogens is 1. The van der Waals surface area contributed by atoms with Crippen molar-refractivity contribution in [1.29, 1.82) is 0 Å².